The van der Waals surface area contributed by atoms with Gasteiger partial charge in [0.2, 0.25) is 5.91 Å². The standard InChI is InChI=1S/C22H18ClN3O3S/c23-16-7-8-19(29-14-17-13-21(28)26-10-11-30-22(26)24-17)18(12-16)25-20(27)9-6-15-4-2-1-3-5-15/h1-5,7-8,10-13H,6,9,14H2,(H,25,27). The number of aromatic nitrogens is 2. The number of hydrogen-bond acceptors (Lipinski definition) is 5. The van der Waals surface area contributed by atoms with Crippen molar-refractivity contribution in [3.05, 3.63) is 92.8 Å². The van der Waals surface area contributed by atoms with Crippen molar-refractivity contribution in [3.8, 4) is 5.75 Å². The van der Waals surface area contributed by atoms with Crippen molar-refractivity contribution >= 4 is 39.5 Å². The number of carbonyl (C=O) groups excluding carboxylic acids is 1. The Labute approximate surface area is 181 Å². The topological polar surface area (TPSA) is 72.7 Å². The molecular weight excluding hydrogens is 422 g/mol. The number of ether oxygens (including phenoxy) is 1. The normalized spacial score (nSPS) is 10.8. The molecule has 2 aromatic carbocycles. The van der Waals surface area contributed by atoms with E-state index in [9.17, 15) is 9.59 Å². The number of rotatable bonds is 7. The fraction of sp³-hybridized carbons (Fsp3) is 0.136. The van der Waals surface area contributed by atoms with Crippen LogP contribution in [0.1, 0.15) is 17.7 Å². The minimum atomic E-state index is -0.162. The monoisotopic (exact) mass is 439 g/mol. The van der Waals surface area contributed by atoms with Crippen molar-refractivity contribution in [3.63, 3.8) is 0 Å². The van der Waals surface area contributed by atoms with Crippen LogP contribution < -0.4 is 15.6 Å². The molecule has 0 bridgehead atoms. The summed E-state index contributed by atoms with van der Waals surface area (Å²) in [5, 5.41) is 5.15. The number of hydrogen-bond donors (Lipinski definition) is 1. The van der Waals surface area contributed by atoms with Crippen LogP contribution in [0.15, 0.2) is 71.0 Å². The molecule has 1 amide bonds. The average Bonchev–Trinajstić information content (AvgIpc) is 3.22. The maximum atomic E-state index is 12.4. The van der Waals surface area contributed by atoms with Crippen LogP contribution in [0.4, 0.5) is 5.69 Å². The maximum absolute atomic E-state index is 12.4. The fourth-order valence-electron chi connectivity index (χ4n) is 2.95. The molecule has 4 aromatic rings. The first-order chi connectivity index (χ1) is 14.6. The third kappa shape index (κ3) is 4.87. The number of amides is 1. The van der Waals surface area contributed by atoms with E-state index in [0.29, 0.717) is 40.0 Å². The maximum Gasteiger partial charge on any atom is 0.258 e. The Morgan fingerprint density at radius 3 is 2.83 bits per heavy atom. The zero-order chi connectivity index (χ0) is 20.9. The van der Waals surface area contributed by atoms with Gasteiger partial charge >= 0.3 is 0 Å². The van der Waals surface area contributed by atoms with E-state index in [1.807, 2.05) is 30.3 Å². The Balaban J connectivity index is 1.44. The van der Waals surface area contributed by atoms with E-state index in [1.165, 1.54) is 21.8 Å². The lowest BCUT2D eigenvalue weighted by Gasteiger charge is -2.13. The van der Waals surface area contributed by atoms with Crippen molar-refractivity contribution in [1.29, 1.82) is 0 Å². The highest BCUT2D eigenvalue weighted by molar-refractivity contribution is 7.15. The van der Waals surface area contributed by atoms with Gasteiger partial charge in [0.1, 0.15) is 12.4 Å². The summed E-state index contributed by atoms with van der Waals surface area (Å²) in [7, 11) is 0. The minimum absolute atomic E-state index is 0.0954. The average molecular weight is 440 g/mol. The van der Waals surface area contributed by atoms with E-state index in [4.69, 9.17) is 16.3 Å². The summed E-state index contributed by atoms with van der Waals surface area (Å²) in [5.41, 5.74) is 1.93. The van der Waals surface area contributed by atoms with Crippen LogP contribution >= 0.6 is 22.9 Å². The lowest BCUT2D eigenvalue weighted by molar-refractivity contribution is -0.116. The molecule has 152 valence electrons. The molecule has 30 heavy (non-hydrogen) atoms. The van der Waals surface area contributed by atoms with Crippen LogP contribution in [0.3, 0.4) is 0 Å². The van der Waals surface area contributed by atoms with E-state index >= 15 is 0 Å². The molecule has 6 nitrogen and oxygen atoms in total. The molecule has 0 aliphatic rings. The van der Waals surface area contributed by atoms with E-state index < -0.39 is 0 Å². The van der Waals surface area contributed by atoms with Crippen molar-refractivity contribution in [2.45, 2.75) is 19.4 Å². The molecule has 2 aromatic heterocycles. The number of fused-ring (bicyclic) bond motifs is 1. The molecule has 0 aliphatic carbocycles. The second-order valence-electron chi connectivity index (χ2n) is 6.60. The Hall–Kier alpha value is -3.16. The molecule has 0 spiro atoms. The van der Waals surface area contributed by atoms with Crippen molar-refractivity contribution in [1.82, 2.24) is 9.38 Å². The largest absolute Gasteiger partial charge is 0.485 e. The van der Waals surface area contributed by atoms with Gasteiger partial charge in [0.25, 0.3) is 5.56 Å². The first-order valence-corrected chi connectivity index (χ1v) is 10.6. The lowest BCUT2D eigenvalue weighted by Crippen LogP contribution is -2.15. The van der Waals surface area contributed by atoms with Crippen LogP contribution in [0, 0.1) is 0 Å². The molecular formula is C22H18ClN3O3S. The SMILES string of the molecule is O=C(CCc1ccccc1)Nc1cc(Cl)ccc1OCc1cc(=O)n2ccsc2n1. The van der Waals surface area contributed by atoms with Gasteiger partial charge in [-0.2, -0.15) is 0 Å². The van der Waals surface area contributed by atoms with E-state index in [-0.39, 0.29) is 18.1 Å². The van der Waals surface area contributed by atoms with Crippen molar-refractivity contribution < 1.29 is 9.53 Å². The highest BCUT2D eigenvalue weighted by Gasteiger charge is 2.11. The summed E-state index contributed by atoms with van der Waals surface area (Å²) >= 11 is 7.48. The van der Waals surface area contributed by atoms with Crippen LogP contribution in [-0.4, -0.2) is 15.3 Å². The lowest BCUT2D eigenvalue weighted by atomic mass is 10.1. The van der Waals surface area contributed by atoms with Crippen LogP contribution in [0.2, 0.25) is 5.02 Å². The number of aryl methyl sites for hydroxylation is 1. The van der Waals surface area contributed by atoms with Gasteiger partial charge in [-0.25, -0.2) is 4.98 Å². The molecule has 0 atom stereocenters. The highest BCUT2D eigenvalue weighted by Crippen LogP contribution is 2.29. The Morgan fingerprint density at radius 2 is 2.00 bits per heavy atom. The van der Waals surface area contributed by atoms with Crippen molar-refractivity contribution in [2.24, 2.45) is 0 Å². The first kappa shape index (κ1) is 20.1. The quantitative estimate of drug-likeness (QED) is 0.458. The van der Waals surface area contributed by atoms with Gasteiger partial charge in [0.05, 0.1) is 11.4 Å². The van der Waals surface area contributed by atoms with Crippen LogP contribution in [-0.2, 0) is 17.8 Å². The number of nitrogens with one attached hydrogen (secondary N) is 1. The molecule has 0 saturated heterocycles. The summed E-state index contributed by atoms with van der Waals surface area (Å²) in [6, 6.07) is 16.3. The Morgan fingerprint density at radius 1 is 1.17 bits per heavy atom. The second-order valence-corrected chi connectivity index (χ2v) is 7.91. The zero-order valence-corrected chi connectivity index (χ0v) is 17.4. The number of thiazole rings is 1. The third-order valence-corrected chi connectivity index (χ3v) is 5.42. The van der Waals surface area contributed by atoms with Gasteiger partial charge in [-0.1, -0.05) is 41.9 Å². The number of carbonyl (C=O) groups is 1. The molecule has 0 fully saturated rings. The number of halogens is 1. The molecule has 8 heteroatoms. The number of nitrogens with zero attached hydrogens (tertiary/aromatic N) is 2. The molecule has 4 rings (SSSR count). The van der Waals surface area contributed by atoms with Gasteiger partial charge < -0.3 is 10.1 Å². The molecule has 0 aliphatic heterocycles. The summed E-state index contributed by atoms with van der Waals surface area (Å²) < 4.78 is 7.32. The Kier molecular flexibility index (Phi) is 6.11. The Bertz CT molecular complexity index is 1240. The van der Waals surface area contributed by atoms with E-state index in [0.717, 1.165) is 5.56 Å². The summed E-state index contributed by atoms with van der Waals surface area (Å²) in [5.74, 6) is 0.322. The van der Waals surface area contributed by atoms with Gasteiger partial charge in [-0.15, -0.1) is 11.3 Å². The smallest absolute Gasteiger partial charge is 0.258 e. The molecule has 1 N–H and O–H groups in total. The van der Waals surface area contributed by atoms with Gasteiger partial charge in [0, 0.05) is 29.1 Å². The molecule has 2 heterocycles. The predicted octanol–water partition coefficient (Wildman–Crippen LogP) is 4.56. The van der Waals surface area contributed by atoms with Gasteiger partial charge in [-0.05, 0) is 30.2 Å². The fourth-order valence-corrected chi connectivity index (χ4v) is 3.87. The number of benzene rings is 2. The first-order valence-electron chi connectivity index (χ1n) is 9.30. The summed E-state index contributed by atoms with van der Waals surface area (Å²) in [6.45, 7) is 0.0954. The highest BCUT2D eigenvalue weighted by atomic mass is 35.5. The summed E-state index contributed by atoms with van der Waals surface area (Å²) in [6.07, 6.45) is 2.66. The van der Waals surface area contributed by atoms with Crippen LogP contribution in [0.25, 0.3) is 4.96 Å². The molecule has 0 unspecified atom stereocenters. The third-order valence-electron chi connectivity index (χ3n) is 4.43. The molecule has 0 saturated carbocycles. The van der Waals surface area contributed by atoms with Crippen molar-refractivity contribution in [2.75, 3.05) is 5.32 Å². The molecule has 0 radical (unpaired) electrons. The summed E-state index contributed by atoms with van der Waals surface area (Å²) in [4.78, 5) is 29.6. The van der Waals surface area contributed by atoms with Gasteiger partial charge in [-0.3, -0.25) is 14.0 Å². The van der Waals surface area contributed by atoms with E-state index in [2.05, 4.69) is 10.3 Å². The van der Waals surface area contributed by atoms with Gasteiger partial charge in [0.15, 0.2) is 4.96 Å². The van der Waals surface area contributed by atoms with E-state index in [1.54, 1.807) is 29.8 Å². The second kappa shape index (κ2) is 9.11. The van der Waals surface area contributed by atoms with Crippen LogP contribution in [0.5, 0.6) is 5.75 Å². The zero-order valence-electron chi connectivity index (χ0n) is 15.9. The minimum Gasteiger partial charge on any atom is -0.485 e. The predicted molar refractivity (Wildman–Crippen MR) is 119 cm³/mol. The number of anilines is 1.